The SMILES string of the molecule is CC(C)(C)C(P)(c1ccc(-c2ccccc2)cc1CP(c1ccccn1)c1ccccn1)C(C)(C)C. The first kappa shape index (κ1) is 26.7. The maximum atomic E-state index is 4.81. The van der Waals surface area contributed by atoms with Crippen LogP contribution in [-0.2, 0) is 11.3 Å². The van der Waals surface area contributed by atoms with Gasteiger partial charge in [-0.05, 0) is 57.3 Å². The van der Waals surface area contributed by atoms with Crippen molar-refractivity contribution in [1.82, 2.24) is 9.97 Å². The van der Waals surface area contributed by atoms with Crippen LogP contribution in [0, 0.1) is 10.8 Å². The van der Waals surface area contributed by atoms with E-state index in [0.29, 0.717) is 0 Å². The minimum atomic E-state index is -0.775. The summed E-state index contributed by atoms with van der Waals surface area (Å²) < 4.78 is 0. The van der Waals surface area contributed by atoms with E-state index in [2.05, 4.69) is 124 Å². The number of hydrogen-bond donors (Lipinski definition) is 0. The molecule has 2 heterocycles. The predicted octanol–water partition coefficient (Wildman–Crippen LogP) is 7.94. The van der Waals surface area contributed by atoms with Crippen LogP contribution in [-0.4, -0.2) is 9.97 Å². The lowest BCUT2D eigenvalue weighted by Gasteiger charge is -2.52. The van der Waals surface area contributed by atoms with Crippen LogP contribution in [0.4, 0.5) is 0 Å². The van der Waals surface area contributed by atoms with Gasteiger partial charge in [0.05, 0.1) is 10.9 Å². The molecule has 0 fully saturated rings. The summed E-state index contributed by atoms with van der Waals surface area (Å²) in [4.78, 5) is 9.61. The highest BCUT2D eigenvalue weighted by Gasteiger charge is 2.49. The number of nitrogens with zero attached hydrogens (tertiary/aromatic N) is 2. The van der Waals surface area contributed by atoms with Gasteiger partial charge in [0.25, 0.3) is 0 Å². The van der Waals surface area contributed by atoms with Crippen molar-refractivity contribution in [2.75, 3.05) is 0 Å². The van der Waals surface area contributed by atoms with Gasteiger partial charge in [-0.3, -0.25) is 9.97 Å². The van der Waals surface area contributed by atoms with E-state index in [1.54, 1.807) is 0 Å². The fraction of sp³-hybridized carbons (Fsp3) is 0.312. The fourth-order valence-electron chi connectivity index (χ4n) is 5.33. The quantitative estimate of drug-likeness (QED) is 0.245. The van der Waals surface area contributed by atoms with Crippen LogP contribution in [0.1, 0.15) is 52.7 Å². The zero-order chi connectivity index (χ0) is 26.0. The lowest BCUT2D eigenvalue weighted by atomic mass is 9.61. The Morgan fingerprint density at radius 3 is 1.64 bits per heavy atom. The smallest absolute Gasteiger partial charge is 0.0695 e. The van der Waals surface area contributed by atoms with Gasteiger partial charge in [0.1, 0.15) is 0 Å². The van der Waals surface area contributed by atoms with Crippen molar-refractivity contribution in [3.63, 3.8) is 0 Å². The lowest BCUT2D eigenvalue weighted by Crippen LogP contribution is -2.45. The summed E-state index contributed by atoms with van der Waals surface area (Å²) in [5.74, 6) is 0. The molecular weight excluding hydrogens is 474 g/mol. The van der Waals surface area contributed by atoms with Crippen LogP contribution in [0.2, 0.25) is 0 Å². The van der Waals surface area contributed by atoms with Gasteiger partial charge >= 0.3 is 0 Å². The summed E-state index contributed by atoms with van der Waals surface area (Å²) in [5, 5.41) is -0.139. The molecule has 0 saturated carbocycles. The normalized spacial score (nSPS) is 12.7. The van der Waals surface area contributed by atoms with Gasteiger partial charge < -0.3 is 0 Å². The summed E-state index contributed by atoms with van der Waals surface area (Å²) in [6.07, 6.45) is 4.69. The number of rotatable bonds is 6. The standard InChI is InChI=1S/C32H38N2P2/c1-30(2,3)32(35,31(4,5)6)27-19-18-25(24-14-8-7-9-15-24)22-26(27)23-36(28-16-10-12-20-33-28)29-17-11-13-21-34-29/h7-22H,23,35H2,1-6H3. The van der Waals surface area contributed by atoms with Crippen molar-refractivity contribution >= 4 is 28.0 Å². The first-order valence-corrected chi connectivity index (χ1v) is 14.7. The third-order valence-electron chi connectivity index (χ3n) is 7.18. The molecule has 1 atom stereocenters. The van der Waals surface area contributed by atoms with Gasteiger partial charge in [-0.1, -0.05) is 102 Å². The Kier molecular flexibility index (Phi) is 7.80. The molecule has 0 spiro atoms. The monoisotopic (exact) mass is 512 g/mol. The Bertz CT molecular complexity index is 1220. The highest BCUT2D eigenvalue weighted by Crippen LogP contribution is 2.59. The van der Waals surface area contributed by atoms with E-state index in [1.165, 1.54) is 22.3 Å². The summed E-state index contributed by atoms with van der Waals surface area (Å²) >= 11 is 0. The summed E-state index contributed by atoms with van der Waals surface area (Å²) in [5.41, 5.74) is 7.54. The van der Waals surface area contributed by atoms with E-state index in [9.17, 15) is 0 Å². The van der Waals surface area contributed by atoms with E-state index < -0.39 is 7.92 Å². The molecule has 0 N–H and O–H groups in total. The molecule has 4 rings (SSSR count). The van der Waals surface area contributed by atoms with E-state index >= 15 is 0 Å². The van der Waals surface area contributed by atoms with Crippen molar-refractivity contribution in [3.8, 4) is 11.1 Å². The van der Waals surface area contributed by atoms with E-state index in [1.807, 2.05) is 24.5 Å². The maximum absolute atomic E-state index is 4.81. The molecule has 4 heteroatoms. The molecule has 0 aliphatic carbocycles. The summed E-state index contributed by atoms with van der Waals surface area (Å²) in [6, 6.07) is 30.3. The number of benzene rings is 2. The number of pyridine rings is 2. The Morgan fingerprint density at radius 2 is 1.17 bits per heavy atom. The average Bonchev–Trinajstić information content (AvgIpc) is 2.87. The van der Waals surface area contributed by atoms with Gasteiger partial charge in [0.2, 0.25) is 0 Å². The fourth-order valence-corrected chi connectivity index (χ4v) is 7.72. The van der Waals surface area contributed by atoms with Crippen LogP contribution in [0.3, 0.4) is 0 Å². The van der Waals surface area contributed by atoms with Crippen molar-refractivity contribution in [1.29, 1.82) is 0 Å². The first-order valence-electron chi connectivity index (χ1n) is 12.6. The third kappa shape index (κ3) is 5.32. The van der Waals surface area contributed by atoms with Gasteiger partial charge in [0, 0.05) is 31.6 Å². The van der Waals surface area contributed by atoms with Crippen LogP contribution in [0.5, 0.6) is 0 Å². The van der Waals surface area contributed by atoms with E-state index in [0.717, 1.165) is 17.0 Å². The second kappa shape index (κ2) is 10.5. The van der Waals surface area contributed by atoms with Crippen LogP contribution in [0.15, 0.2) is 97.3 Å². The molecule has 0 radical (unpaired) electrons. The molecule has 0 saturated heterocycles. The molecule has 2 aromatic carbocycles. The number of hydrogen-bond acceptors (Lipinski definition) is 2. The average molecular weight is 513 g/mol. The molecule has 36 heavy (non-hydrogen) atoms. The molecule has 0 aliphatic heterocycles. The predicted molar refractivity (Wildman–Crippen MR) is 161 cm³/mol. The Hall–Kier alpha value is -2.40. The maximum Gasteiger partial charge on any atom is 0.0695 e. The van der Waals surface area contributed by atoms with Gasteiger partial charge in [-0.2, -0.15) is 0 Å². The Morgan fingerprint density at radius 1 is 0.639 bits per heavy atom. The van der Waals surface area contributed by atoms with Crippen molar-refractivity contribution < 1.29 is 0 Å². The Balaban J connectivity index is 1.95. The van der Waals surface area contributed by atoms with Crippen molar-refractivity contribution in [2.24, 2.45) is 10.8 Å². The second-order valence-corrected chi connectivity index (χ2v) is 14.5. The molecule has 1 unspecified atom stereocenters. The first-order chi connectivity index (χ1) is 17.0. The van der Waals surface area contributed by atoms with Crippen LogP contribution in [0.25, 0.3) is 11.1 Å². The second-order valence-electron chi connectivity index (χ2n) is 11.5. The van der Waals surface area contributed by atoms with E-state index in [-0.39, 0.29) is 16.0 Å². The highest BCUT2D eigenvalue weighted by atomic mass is 31.1. The molecule has 2 aromatic heterocycles. The largest absolute Gasteiger partial charge is 0.256 e. The zero-order valence-corrected chi connectivity index (χ0v) is 24.4. The molecule has 2 nitrogen and oxygen atoms in total. The molecule has 0 amide bonds. The minimum absolute atomic E-state index is 0.0255. The third-order valence-corrected chi connectivity index (χ3v) is 11.5. The topological polar surface area (TPSA) is 25.8 Å². The molecule has 0 bridgehead atoms. The molecular formula is C32H38N2P2. The molecule has 186 valence electrons. The van der Waals surface area contributed by atoms with Gasteiger partial charge in [-0.15, -0.1) is 9.24 Å². The van der Waals surface area contributed by atoms with Crippen molar-refractivity contribution in [3.05, 3.63) is 108 Å². The van der Waals surface area contributed by atoms with Crippen molar-refractivity contribution in [2.45, 2.75) is 52.9 Å². The van der Waals surface area contributed by atoms with Crippen LogP contribution >= 0.6 is 17.2 Å². The van der Waals surface area contributed by atoms with E-state index in [4.69, 9.17) is 9.97 Å². The lowest BCUT2D eigenvalue weighted by molar-refractivity contribution is 0.139. The minimum Gasteiger partial charge on any atom is -0.256 e. The number of aromatic nitrogens is 2. The summed E-state index contributed by atoms with van der Waals surface area (Å²) in [7, 11) is 2.52. The van der Waals surface area contributed by atoms with Gasteiger partial charge in [-0.25, -0.2) is 0 Å². The molecule has 4 aromatic rings. The summed E-state index contributed by atoms with van der Waals surface area (Å²) in [6.45, 7) is 14.2. The van der Waals surface area contributed by atoms with Crippen LogP contribution < -0.4 is 10.9 Å². The zero-order valence-electron chi connectivity index (χ0n) is 22.4. The molecule has 0 aliphatic rings. The van der Waals surface area contributed by atoms with Gasteiger partial charge in [0.15, 0.2) is 0 Å². The Labute approximate surface area is 221 Å². The highest BCUT2D eigenvalue weighted by molar-refractivity contribution is 7.71.